The molecule has 1 aliphatic heterocycles. The lowest BCUT2D eigenvalue weighted by atomic mass is 10.1. The first-order chi connectivity index (χ1) is 14.2. The number of anilines is 1. The molecule has 1 aliphatic rings. The zero-order valence-electron chi connectivity index (χ0n) is 16.1. The smallest absolute Gasteiger partial charge is 0.331 e. The molecule has 0 radical (unpaired) electrons. The van der Waals surface area contributed by atoms with Gasteiger partial charge in [0, 0.05) is 23.7 Å². The van der Waals surface area contributed by atoms with Crippen molar-refractivity contribution in [2.75, 3.05) is 23.2 Å². The van der Waals surface area contributed by atoms with Gasteiger partial charge in [-0.15, -0.1) is 0 Å². The van der Waals surface area contributed by atoms with Gasteiger partial charge in [-0.1, -0.05) is 17.7 Å². The summed E-state index contributed by atoms with van der Waals surface area (Å²) in [6, 6.07) is 8.85. The third kappa shape index (κ3) is 4.71. The van der Waals surface area contributed by atoms with Crippen molar-refractivity contribution < 1.29 is 27.1 Å². The minimum Gasteiger partial charge on any atom is -0.454 e. The molecule has 3 rings (SSSR count). The van der Waals surface area contributed by atoms with Crippen LogP contribution in [0.3, 0.4) is 0 Å². The van der Waals surface area contributed by atoms with E-state index in [0.29, 0.717) is 24.2 Å². The Kier molecular flexibility index (Phi) is 6.58. The number of carbonyl (C=O) groups excluding carboxylic acids is 2. The van der Waals surface area contributed by atoms with Gasteiger partial charge in [0.2, 0.25) is 10.0 Å². The van der Waals surface area contributed by atoms with E-state index < -0.39 is 34.2 Å². The van der Waals surface area contributed by atoms with Gasteiger partial charge < -0.3 is 4.74 Å². The average Bonchev–Trinajstić information content (AvgIpc) is 3.15. The van der Waals surface area contributed by atoms with E-state index in [4.69, 9.17) is 16.3 Å². The fourth-order valence-electron chi connectivity index (χ4n) is 3.08. The second-order valence-corrected chi connectivity index (χ2v) is 9.15. The van der Waals surface area contributed by atoms with Crippen molar-refractivity contribution >= 4 is 45.1 Å². The number of benzene rings is 2. The first-order valence-electron chi connectivity index (χ1n) is 9.18. The molecule has 2 aromatic carbocycles. The number of nitrogens with zero attached hydrogens (tertiary/aromatic N) is 1. The molecule has 0 saturated heterocycles. The normalized spacial score (nSPS) is 13.5. The van der Waals surface area contributed by atoms with Crippen LogP contribution in [0.2, 0.25) is 5.02 Å². The molecule has 0 N–H and O–H groups in total. The van der Waals surface area contributed by atoms with Crippen molar-refractivity contribution in [1.82, 2.24) is 0 Å². The van der Waals surface area contributed by atoms with Crippen LogP contribution in [0.1, 0.15) is 28.4 Å². The SMILES string of the molecule is CCS(=O)(=O)N1CCc2cc(C(=O)COC(=O)C=Cc3c(F)cccc3Cl)ccc21. The molecule has 0 aliphatic carbocycles. The fourth-order valence-corrected chi connectivity index (χ4v) is 4.46. The molecule has 0 atom stereocenters. The molecule has 0 saturated carbocycles. The van der Waals surface area contributed by atoms with Crippen LogP contribution in [-0.2, 0) is 26.0 Å². The van der Waals surface area contributed by atoms with Gasteiger partial charge >= 0.3 is 5.97 Å². The molecule has 1 heterocycles. The molecular formula is C21H19ClFNO5S. The average molecular weight is 452 g/mol. The van der Waals surface area contributed by atoms with E-state index in [1.54, 1.807) is 19.1 Å². The number of halogens is 2. The zero-order valence-corrected chi connectivity index (χ0v) is 17.7. The minimum atomic E-state index is -3.37. The first-order valence-corrected chi connectivity index (χ1v) is 11.2. The predicted molar refractivity (Wildman–Crippen MR) is 113 cm³/mol. The third-order valence-corrected chi connectivity index (χ3v) is 6.80. The highest BCUT2D eigenvalue weighted by Gasteiger charge is 2.28. The van der Waals surface area contributed by atoms with Gasteiger partial charge in [0.1, 0.15) is 5.82 Å². The van der Waals surface area contributed by atoms with E-state index in [0.717, 1.165) is 11.6 Å². The molecule has 0 fully saturated rings. The Morgan fingerprint density at radius 1 is 1.27 bits per heavy atom. The number of hydrogen-bond donors (Lipinski definition) is 0. The number of esters is 1. The van der Waals surface area contributed by atoms with Crippen LogP contribution >= 0.6 is 11.6 Å². The number of carbonyl (C=O) groups is 2. The summed E-state index contributed by atoms with van der Waals surface area (Å²) in [5.74, 6) is -1.83. The van der Waals surface area contributed by atoms with Crippen LogP contribution in [0.4, 0.5) is 10.1 Å². The maximum absolute atomic E-state index is 13.7. The number of Topliss-reactive ketones (excluding diaryl/α,β-unsaturated/α-hetero) is 1. The predicted octanol–water partition coefficient (Wildman–Crippen LogP) is 3.63. The van der Waals surface area contributed by atoms with E-state index in [9.17, 15) is 22.4 Å². The molecule has 0 aromatic heterocycles. The standard InChI is InChI=1S/C21H19ClFNO5S/c1-2-30(27,28)24-11-10-14-12-15(6-8-19(14)24)20(25)13-29-21(26)9-7-16-17(22)4-3-5-18(16)23/h3-9,12H,2,10-11,13H2,1H3. The molecule has 9 heteroatoms. The summed E-state index contributed by atoms with van der Waals surface area (Å²) >= 11 is 5.88. The lowest BCUT2D eigenvalue weighted by Crippen LogP contribution is -2.30. The Morgan fingerprint density at radius 2 is 2.03 bits per heavy atom. The molecule has 0 unspecified atom stereocenters. The fraction of sp³-hybridized carbons (Fsp3) is 0.238. The highest BCUT2D eigenvalue weighted by atomic mass is 35.5. The van der Waals surface area contributed by atoms with Gasteiger partial charge in [0.25, 0.3) is 0 Å². The van der Waals surface area contributed by atoms with Crippen LogP contribution in [0.25, 0.3) is 6.08 Å². The summed E-state index contributed by atoms with van der Waals surface area (Å²) < 4.78 is 44.2. The number of sulfonamides is 1. The van der Waals surface area contributed by atoms with Crippen molar-refractivity contribution in [2.24, 2.45) is 0 Å². The zero-order chi connectivity index (χ0) is 21.9. The number of hydrogen-bond acceptors (Lipinski definition) is 5. The largest absolute Gasteiger partial charge is 0.454 e. The summed E-state index contributed by atoms with van der Waals surface area (Å²) in [5, 5.41) is 0.146. The van der Waals surface area contributed by atoms with Gasteiger partial charge in [0.15, 0.2) is 12.4 Å². The van der Waals surface area contributed by atoms with Crippen molar-refractivity contribution in [3.8, 4) is 0 Å². The van der Waals surface area contributed by atoms with Gasteiger partial charge in [-0.3, -0.25) is 9.10 Å². The van der Waals surface area contributed by atoms with Gasteiger partial charge in [-0.05, 0) is 55.3 Å². The van der Waals surface area contributed by atoms with Gasteiger partial charge in [0.05, 0.1) is 16.5 Å². The van der Waals surface area contributed by atoms with Crippen LogP contribution in [0.15, 0.2) is 42.5 Å². The van der Waals surface area contributed by atoms with E-state index >= 15 is 0 Å². The van der Waals surface area contributed by atoms with Crippen molar-refractivity contribution in [2.45, 2.75) is 13.3 Å². The Labute approximate surface area is 179 Å². The van der Waals surface area contributed by atoms with Crippen LogP contribution in [0, 0.1) is 5.82 Å². The summed E-state index contributed by atoms with van der Waals surface area (Å²) in [7, 11) is -3.37. The second kappa shape index (κ2) is 8.97. The van der Waals surface area contributed by atoms with Gasteiger partial charge in [-0.2, -0.15) is 0 Å². The highest BCUT2D eigenvalue weighted by molar-refractivity contribution is 7.92. The van der Waals surface area contributed by atoms with Crippen molar-refractivity contribution in [1.29, 1.82) is 0 Å². The van der Waals surface area contributed by atoms with Crippen LogP contribution in [0.5, 0.6) is 0 Å². The van der Waals surface area contributed by atoms with Crippen molar-refractivity contribution in [3.05, 3.63) is 70.0 Å². The third-order valence-electron chi connectivity index (χ3n) is 4.69. The van der Waals surface area contributed by atoms with Crippen LogP contribution < -0.4 is 4.31 Å². The topological polar surface area (TPSA) is 80.8 Å². The summed E-state index contributed by atoms with van der Waals surface area (Å²) in [6.07, 6.45) is 2.68. The monoisotopic (exact) mass is 451 g/mol. The summed E-state index contributed by atoms with van der Waals surface area (Å²) in [6.45, 7) is 1.42. The summed E-state index contributed by atoms with van der Waals surface area (Å²) in [4.78, 5) is 24.2. The van der Waals surface area contributed by atoms with E-state index in [-0.39, 0.29) is 16.3 Å². The molecule has 0 amide bonds. The second-order valence-electron chi connectivity index (χ2n) is 6.57. The molecule has 158 valence electrons. The maximum atomic E-state index is 13.7. The molecule has 2 aromatic rings. The molecule has 30 heavy (non-hydrogen) atoms. The number of fused-ring (bicyclic) bond motifs is 1. The molecule has 0 spiro atoms. The Morgan fingerprint density at radius 3 is 2.73 bits per heavy atom. The quantitative estimate of drug-likeness (QED) is 0.365. The van der Waals surface area contributed by atoms with Crippen molar-refractivity contribution in [3.63, 3.8) is 0 Å². The van der Waals surface area contributed by atoms with Crippen LogP contribution in [-0.4, -0.2) is 39.1 Å². The highest BCUT2D eigenvalue weighted by Crippen LogP contribution is 2.31. The maximum Gasteiger partial charge on any atom is 0.331 e. The molecule has 6 nitrogen and oxygen atoms in total. The Bertz CT molecular complexity index is 1110. The van der Waals surface area contributed by atoms with E-state index in [1.807, 2.05) is 0 Å². The number of ketones is 1. The van der Waals surface area contributed by atoms with E-state index in [2.05, 4.69) is 0 Å². The van der Waals surface area contributed by atoms with Gasteiger partial charge in [-0.25, -0.2) is 17.6 Å². The Hall–Kier alpha value is -2.71. The summed E-state index contributed by atoms with van der Waals surface area (Å²) in [5.41, 5.74) is 1.68. The van der Waals surface area contributed by atoms with E-state index in [1.165, 1.54) is 34.6 Å². The lowest BCUT2D eigenvalue weighted by molar-refractivity contribution is -0.136. The number of rotatable bonds is 7. The minimum absolute atomic E-state index is 0.00527. The number of ether oxygens (including phenoxy) is 1. The Balaban J connectivity index is 1.63. The molecular weight excluding hydrogens is 433 g/mol. The molecule has 0 bridgehead atoms. The first kappa shape index (κ1) is 22.0. The lowest BCUT2D eigenvalue weighted by Gasteiger charge is -2.18.